The predicted octanol–water partition coefficient (Wildman–Crippen LogP) is 9.48. The van der Waals surface area contributed by atoms with Gasteiger partial charge in [-0.3, -0.25) is 4.18 Å². The molecule has 0 fully saturated rings. The number of pyridine rings is 1. The second kappa shape index (κ2) is 12.9. The van der Waals surface area contributed by atoms with Crippen LogP contribution in [0.4, 0.5) is 0 Å². The normalized spacial score (nSPS) is 12.5. The monoisotopic (exact) mass is 593 g/mol. The smallest absolute Gasteiger partial charge is 0.258 e. The molecule has 0 amide bonds. The predicted molar refractivity (Wildman–Crippen MR) is 174 cm³/mol. The highest BCUT2D eigenvalue weighted by Crippen LogP contribution is 2.31. The van der Waals surface area contributed by atoms with Gasteiger partial charge >= 0.3 is 0 Å². The molecule has 1 heterocycles. The summed E-state index contributed by atoms with van der Waals surface area (Å²) >= 11 is 6.15. The molecule has 1 aromatic heterocycles. The van der Waals surface area contributed by atoms with Gasteiger partial charge in [-0.25, -0.2) is 4.98 Å². The van der Waals surface area contributed by atoms with Crippen molar-refractivity contribution >= 4 is 50.3 Å². The third-order valence-corrected chi connectivity index (χ3v) is 8.68. The number of allylic oxidation sites excluding steroid dienone is 1. The summed E-state index contributed by atoms with van der Waals surface area (Å²) in [6.07, 6.45) is 4.30. The summed E-state index contributed by atoms with van der Waals surface area (Å²) < 4.78 is 32.7. The number of halogens is 1. The first-order valence-electron chi connectivity index (χ1n) is 13.8. The van der Waals surface area contributed by atoms with Crippen molar-refractivity contribution in [2.45, 2.75) is 37.7 Å². The number of hydrogen-bond donors (Lipinski definition) is 0. The molecule has 0 unspecified atom stereocenters. The third kappa shape index (κ3) is 7.24. The van der Waals surface area contributed by atoms with Crippen LogP contribution in [-0.2, 0) is 20.7 Å². The van der Waals surface area contributed by atoms with Gasteiger partial charge in [0, 0.05) is 10.4 Å². The topological polar surface area (TPSA) is 56.3 Å². The van der Waals surface area contributed by atoms with Gasteiger partial charge in [-0.2, -0.15) is 8.42 Å². The Kier molecular flexibility index (Phi) is 9.03. The second-order valence-electron chi connectivity index (χ2n) is 10.4. The Bertz CT molecular complexity index is 1880. The van der Waals surface area contributed by atoms with Gasteiger partial charge in [-0.1, -0.05) is 102 Å². The molecule has 0 spiro atoms. The van der Waals surface area contributed by atoms with E-state index in [4.69, 9.17) is 20.8 Å². The van der Waals surface area contributed by atoms with Crippen LogP contribution in [0.5, 0.6) is 0 Å². The second-order valence-corrected chi connectivity index (χ2v) is 12.4. The van der Waals surface area contributed by atoms with Gasteiger partial charge in [-0.05, 0) is 91.4 Å². The van der Waals surface area contributed by atoms with Gasteiger partial charge < -0.3 is 0 Å². The molecule has 0 aliphatic rings. The quantitative estimate of drug-likeness (QED) is 0.151. The Morgan fingerprint density at radius 1 is 0.929 bits per heavy atom. The molecular formula is C36H32ClNO3S. The van der Waals surface area contributed by atoms with E-state index in [1.54, 1.807) is 24.3 Å². The van der Waals surface area contributed by atoms with Gasteiger partial charge in [0.1, 0.15) is 6.10 Å². The fourth-order valence-electron chi connectivity index (χ4n) is 4.87. The lowest BCUT2D eigenvalue weighted by Crippen LogP contribution is -2.14. The number of fused-ring (bicyclic) bond motifs is 1. The van der Waals surface area contributed by atoms with Crippen LogP contribution in [0.1, 0.15) is 53.0 Å². The number of aryl methyl sites for hydroxylation is 2. The lowest BCUT2D eigenvalue weighted by molar-refractivity contribution is 0.203. The molecule has 0 aliphatic carbocycles. The molecule has 0 saturated heterocycles. The maximum absolute atomic E-state index is 13.4. The van der Waals surface area contributed by atoms with Crippen LogP contribution in [0.15, 0.2) is 115 Å². The highest BCUT2D eigenvalue weighted by molar-refractivity contribution is 7.86. The first-order chi connectivity index (χ1) is 20.2. The average Bonchev–Trinajstić information content (AvgIpc) is 2.98. The summed E-state index contributed by atoms with van der Waals surface area (Å²) in [4.78, 5) is 4.84. The minimum atomic E-state index is -4.00. The zero-order chi connectivity index (χ0) is 29.7. The summed E-state index contributed by atoms with van der Waals surface area (Å²) in [5.74, 6) is 0. The van der Waals surface area contributed by atoms with Gasteiger partial charge in [0.2, 0.25) is 0 Å². The zero-order valence-electron chi connectivity index (χ0n) is 23.6. The van der Waals surface area contributed by atoms with E-state index < -0.39 is 16.2 Å². The van der Waals surface area contributed by atoms with Crippen molar-refractivity contribution in [1.29, 1.82) is 0 Å². The molecule has 0 bridgehead atoms. The maximum atomic E-state index is 13.4. The molecule has 5 rings (SSSR count). The first kappa shape index (κ1) is 29.5. The Labute approximate surface area is 253 Å². The average molecular weight is 594 g/mol. The number of hydrogen-bond acceptors (Lipinski definition) is 4. The molecule has 42 heavy (non-hydrogen) atoms. The molecule has 4 aromatic carbocycles. The van der Waals surface area contributed by atoms with E-state index in [1.165, 1.54) is 0 Å². The summed E-state index contributed by atoms with van der Waals surface area (Å²) in [6.45, 7) is 8.00. The Morgan fingerprint density at radius 2 is 1.69 bits per heavy atom. The number of benzene rings is 4. The highest BCUT2D eigenvalue weighted by Gasteiger charge is 2.24. The lowest BCUT2D eigenvalue weighted by atomic mass is 9.95. The summed E-state index contributed by atoms with van der Waals surface area (Å²) in [6, 6.07) is 32.1. The summed E-state index contributed by atoms with van der Waals surface area (Å²) in [7, 11) is -4.00. The van der Waals surface area contributed by atoms with Crippen molar-refractivity contribution in [2.24, 2.45) is 0 Å². The van der Waals surface area contributed by atoms with E-state index in [0.717, 1.165) is 50.0 Å². The first-order valence-corrected chi connectivity index (χ1v) is 15.5. The van der Waals surface area contributed by atoms with E-state index in [0.29, 0.717) is 17.9 Å². The maximum Gasteiger partial charge on any atom is 0.297 e. The SMILES string of the molecule is C=C(C)c1ccccc1CC[C@H](OS(=O)(=O)c1ccc(C)cc1)c1cccc(/C=C/c2ccc3ccc(Cl)cc3n2)c1. The van der Waals surface area contributed by atoms with Crippen LogP contribution >= 0.6 is 11.6 Å². The Balaban J connectivity index is 1.44. The Hall–Kier alpha value is -4.03. The van der Waals surface area contributed by atoms with Crippen molar-refractivity contribution in [3.05, 3.63) is 148 Å². The van der Waals surface area contributed by atoms with E-state index in [9.17, 15) is 8.42 Å². The van der Waals surface area contributed by atoms with Crippen LogP contribution in [0.3, 0.4) is 0 Å². The van der Waals surface area contributed by atoms with Crippen LogP contribution < -0.4 is 0 Å². The van der Waals surface area contributed by atoms with Crippen LogP contribution in [-0.4, -0.2) is 13.4 Å². The van der Waals surface area contributed by atoms with Crippen molar-refractivity contribution in [1.82, 2.24) is 4.98 Å². The molecule has 0 aliphatic heterocycles. The fraction of sp³-hybridized carbons (Fsp3) is 0.139. The lowest BCUT2D eigenvalue weighted by Gasteiger charge is -2.20. The minimum Gasteiger partial charge on any atom is -0.258 e. The van der Waals surface area contributed by atoms with Crippen molar-refractivity contribution in [3.63, 3.8) is 0 Å². The number of rotatable bonds is 10. The minimum absolute atomic E-state index is 0.138. The molecular weight excluding hydrogens is 562 g/mol. The van der Waals surface area contributed by atoms with Crippen molar-refractivity contribution in [3.8, 4) is 0 Å². The molecule has 0 radical (unpaired) electrons. The highest BCUT2D eigenvalue weighted by atomic mass is 35.5. The Morgan fingerprint density at radius 3 is 2.48 bits per heavy atom. The van der Waals surface area contributed by atoms with Gasteiger partial charge in [-0.15, -0.1) is 0 Å². The molecule has 212 valence electrons. The molecule has 5 aromatic rings. The largest absolute Gasteiger partial charge is 0.297 e. The van der Waals surface area contributed by atoms with E-state index in [-0.39, 0.29) is 4.90 Å². The number of aromatic nitrogens is 1. The van der Waals surface area contributed by atoms with Gasteiger partial charge in [0.25, 0.3) is 10.1 Å². The van der Waals surface area contributed by atoms with Crippen LogP contribution in [0.2, 0.25) is 5.02 Å². The van der Waals surface area contributed by atoms with Gasteiger partial charge in [0.05, 0.1) is 16.1 Å². The summed E-state index contributed by atoms with van der Waals surface area (Å²) in [5, 5.41) is 1.66. The number of nitrogens with zero attached hydrogens (tertiary/aromatic N) is 1. The van der Waals surface area contributed by atoms with Crippen molar-refractivity contribution in [2.75, 3.05) is 0 Å². The zero-order valence-corrected chi connectivity index (χ0v) is 25.2. The fourth-order valence-corrected chi connectivity index (χ4v) is 6.13. The standard InChI is InChI=1S/C36H32ClNO3S/c1-25(2)34-10-5-4-8-28(34)16-22-36(41-42(39,40)33-20-11-26(3)12-21-33)30-9-6-7-27(23-30)13-18-32-19-15-29-14-17-31(37)24-35(29)38-32/h4-15,17-21,23-24,36H,1,16,22H2,2-3H3/b18-13+/t36-/m0/s1. The molecule has 6 heteroatoms. The molecule has 0 saturated carbocycles. The van der Waals surface area contributed by atoms with Crippen LogP contribution in [0, 0.1) is 6.92 Å². The van der Waals surface area contributed by atoms with E-state index in [2.05, 4.69) is 12.6 Å². The molecule has 0 N–H and O–H groups in total. The van der Waals surface area contributed by atoms with E-state index >= 15 is 0 Å². The van der Waals surface area contributed by atoms with Crippen molar-refractivity contribution < 1.29 is 12.6 Å². The molecule has 1 atom stereocenters. The van der Waals surface area contributed by atoms with Gasteiger partial charge in [0.15, 0.2) is 0 Å². The molecule has 4 nitrogen and oxygen atoms in total. The third-order valence-electron chi connectivity index (χ3n) is 7.11. The van der Waals surface area contributed by atoms with Crippen LogP contribution in [0.25, 0.3) is 28.6 Å². The van der Waals surface area contributed by atoms with E-state index in [1.807, 2.05) is 98.8 Å². The summed E-state index contributed by atoms with van der Waals surface area (Å²) in [5.41, 5.74) is 7.41.